The Kier molecular flexibility index (Phi) is 4.76. The predicted octanol–water partition coefficient (Wildman–Crippen LogP) is 4.02. The lowest BCUT2D eigenvalue weighted by Crippen LogP contribution is -2.30. The van der Waals surface area contributed by atoms with E-state index >= 15 is 0 Å². The first-order valence-corrected chi connectivity index (χ1v) is 9.94. The van der Waals surface area contributed by atoms with Gasteiger partial charge in [0.2, 0.25) is 10.0 Å². The molecule has 126 valence electrons. The normalized spacial score (nSPS) is 12.2. The van der Waals surface area contributed by atoms with Crippen molar-refractivity contribution in [1.82, 2.24) is 14.3 Å². The second-order valence-corrected chi connectivity index (χ2v) is 8.22. The molecule has 0 saturated heterocycles. The van der Waals surface area contributed by atoms with Gasteiger partial charge in [-0.25, -0.2) is 13.4 Å². The average molecular weight is 408 g/mol. The second-order valence-electron chi connectivity index (χ2n) is 5.37. The first-order valence-electron chi connectivity index (χ1n) is 7.70. The number of rotatable bonds is 5. The summed E-state index contributed by atoms with van der Waals surface area (Å²) in [7, 11) is -3.48. The van der Waals surface area contributed by atoms with Gasteiger partial charge in [0.05, 0.1) is 4.90 Å². The van der Waals surface area contributed by atoms with E-state index in [0.717, 1.165) is 26.6 Å². The molecule has 0 bridgehead atoms. The monoisotopic (exact) mass is 407 g/mol. The number of hydrogen-bond donors (Lipinski definition) is 1. The number of hydrogen-bond acceptors (Lipinski definition) is 3. The van der Waals surface area contributed by atoms with Crippen LogP contribution in [0.5, 0.6) is 0 Å². The van der Waals surface area contributed by atoms with Gasteiger partial charge >= 0.3 is 0 Å². The predicted molar refractivity (Wildman–Crippen MR) is 99.3 cm³/mol. The molecule has 3 aromatic rings. The zero-order valence-corrected chi connectivity index (χ0v) is 15.9. The Labute approximate surface area is 149 Å². The van der Waals surface area contributed by atoms with Crippen molar-refractivity contribution < 1.29 is 8.42 Å². The van der Waals surface area contributed by atoms with Crippen molar-refractivity contribution in [3.63, 3.8) is 0 Å². The van der Waals surface area contributed by atoms with Crippen LogP contribution < -0.4 is 0 Å². The highest BCUT2D eigenvalue weighted by Crippen LogP contribution is 2.31. The number of aromatic nitrogens is 2. The molecule has 0 aliphatic rings. The molecule has 1 aromatic carbocycles. The van der Waals surface area contributed by atoms with Crippen molar-refractivity contribution in [2.24, 2.45) is 0 Å². The van der Waals surface area contributed by atoms with Gasteiger partial charge in [0.15, 0.2) is 0 Å². The van der Waals surface area contributed by atoms with Gasteiger partial charge in [0.1, 0.15) is 5.65 Å². The van der Waals surface area contributed by atoms with E-state index < -0.39 is 10.0 Å². The summed E-state index contributed by atoms with van der Waals surface area (Å²) in [6.07, 6.45) is 3.58. The fourth-order valence-corrected chi connectivity index (χ4v) is 4.59. The van der Waals surface area contributed by atoms with Crippen LogP contribution in [0.15, 0.2) is 52.1 Å². The zero-order valence-electron chi connectivity index (χ0n) is 13.5. The molecule has 0 saturated carbocycles. The summed E-state index contributed by atoms with van der Waals surface area (Å²) < 4.78 is 27.8. The van der Waals surface area contributed by atoms with Crippen molar-refractivity contribution in [3.8, 4) is 11.1 Å². The number of nitrogens with zero attached hydrogens (tertiary/aromatic N) is 2. The average Bonchev–Trinajstić information content (AvgIpc) is 2.99. The first kappa shape index (κ1) is 17.1. The van der Waals surface area contributed by atoms with Gasteiger partial charge in [-0.1, -0.05) is 26.0 Å². The number of pyridine rings is 1. The number of fused-ring (bicyclic) bond motifs is 1. The number of H-pyrrole nitrogens is 1. The maximum atomic E-state index is 12.7. The smallest absolute Gasteiger partial charge is 0.243 e. The van der Waals surface area contributed by atoms with Crippen LogP contribution in [0.4, 0.5) is 0 Å². The minimum Gasteiger partial charge on any atom is -0.346 e. The van der Waals surface area contributed by atoms with E-state index in [0.29, 0.717) is 18.0 Å². The van der Waals surface area contributed by atoms with Crippen molar-refractivity contribution >= 4 is 37.0 Å². The third-order valence-corrected chi connectivity index (χ3v) is 6.47. The van der Waals surface area contributed by atoms with Gasteiger partial charge in [-0.15, -0.1) is 0 Å². The van der Waals surface area contributed by atoms with Crippen LogP contribution >= 0.6 is 15.9 Å². The lowest BCUT2D eigenvalue weighted by atomic mass is 10.1. The third-order valence-electron chi connectivity index (χ3n) is 3.99. The van der Waals surface area contributed by atoms with Gasteiger partial charge in [-0.05, 0) is 39.7 Å². The maximum absolute atomic E-state index is 12.7. The van der Waals surface area contributed by atoms with Crippen LogP contribution in [0.3, 0.4) is 0 Å². The van der Waals surface area contributed by atoms with Crippen molar-refractivity contribution in [1.29, 1.82) is 0 Å². The Morgan fingerprint density at radius 1 is 1.21 bits per heavy atom. The highest BCUT2D eigenvalue weighted by molar-refractivity contribution is 9.10. The van der Waals surface area contributed by atoms with E-state index in [1.165, 1.54) is 4.31 Å². The molecule has 0 amide bonds. The Bertz CT molecular complexity index is 978. The Morgan fingerprint density at radius 3 is 2.67 bits per heavy atom. The molecular formula is C17H18BrN3O2S. The van der Waals surface area contributed by atoms with E-state index in [9.17, 15) is 8.42 Å². The van der Waals surface area contributed by atoms with E-state index in [-0.39, 0.29) is 0 Å². The van der Waals surface area contributed by atoms with Crippen molar-refractivity contribution in [3.05, 3.63) is 47.2 Å². The summed E-state index contributed by atoms with van der Waals surface area (Å²) in [5.74, 6) is 0. The van der Waals surface area contributed by atoms with Crippen LogP contribution in [0.1, 0.15) is 13.8 Å². The highest BCUT2D eigenvalue weighted by atomic mass is 79.9. The van der Waals surface area contributed by atoms with Gasteiger partial charge in [-0.2, -0.15) is 4.31 Å². The van der Waals surface area contributed by atoms with Crippen molar-refractivity contribution in [2.75, 3.05) is 13.1 Å². The van der Waals surface area contributed by atoms with Crippen LogP contribution in [-0.2, 0) is 10.0 Å². The van der Waals surface area contributed by atoms with Gasteiger partial charge in [0.25, 0.3) is 0 Å². The fourth-order valence-electron chi connectivity index (χ4n) is 2.75. The molecule has 2 aromatic heterocycles. The summed E-state index contributed by atoms with van der Waals surface area (Å²) in [6, 6.07) is 9.01. The van der Waals surface area contributed by atoms with Crippen LogP contribution in [0, 0.1) is 0 Å². The minimum absolute atomic E-state index is 0.306. The SMILES string of the molecule is CCN(CC)S(=O)(=O)c1cccc(-c2c[nH]c3ncc(Br)cc23)c1. The van der Waals surface area contributed by atoms with Gasteiger partial charge in [0, 0.05) is 40.9 Å². The zero-order chi connectivity index (χ0) is 17.3. The summed E-state index contributed by atoms with van der Waals surface area (Å²) in [6.45, 7) is 4.58. The largest absolute Gasteiger partial charge is 0.346 e. The first-order chi connectivity index (χ1) is 11.5. The Morgan fingerprint density at radius 2 is 1.96 bits per heavy atom. The maximum Gasteiger partial charge on any atom is 0.243 e. The molecule has 0 radical (unpaired) electrons. The highest BCUT2D eigenvalue weighted by Gasteiger charge is 2.22. The lowest BCUT2D eigenvalue weighted by molar-refractivity contribution is 0.445. The molecule has 0 fully saturated rings. The van der Waals surface area contributed by atoms with E-state index in [2.05, 4.69) is 25.9 Å². The Hall–Kier alpha value is -1.70. The second kappa shape index (κ2) is 6.66. The molecule has 0 aliphatic carbocycles. The molecule has 2 heterocycles. The van der Waals surface area contributed by atoms with Crippen LogP contribution in [0.2, 0.25) is 0 Å². The number of benzene rings is 1. The molecule has 0 unspecified atom stereocenters. The number of halogens is 1. The van der Waals surface area contributed by atoms with Crippen molar-refractivity contribution in [2.45, 2.75) is 18.7 Å². The number of sulfonamides is 1. The number of nitrogens with one attached hydrogen (secondary N) is 1. The van der Waals surface area contributed by atoms with E-state index in [1.54, 1.807) is 24.4 Å². The summed E-state index contributed by atoms with van der Waals surface area (Å²) in [5, 5.41) is 0.946. The molecule has 24 heavy (non-hydrogen) atoms. The molecule has 3 rings (SSSR count). The molecule has 5 nitrogen and oxygen atoms in total. The van der Waals surface area contributed by atoms with E-state index in [4.69, 9.17) is 0 Å². The molecule has 0 aliphatic heterocycles. The van der Waals surface area contributed by atoms with Crippen LogP contribution in [0.25, 0.3) is 22.2 Å². The van der Waals surface area contributed by atoms with Gasteiger partial charge < -0.3 is 4.98 Å². The third kappa shape index (κ3) is 2.99. The standard InChI is InChI=1S/C17H18BrN3O2S/c1-3-21(4-2)24(22,23)14-7-5-6-12(8-14)16-11-20-17-15(16)9-13(18)10-19-17/h5-11H,3-4H2,1-2H3,(H,19,20). The van der Waals surface area contributed by atoms with Gasteiger partial charge in [-0.3, -0.25) is 0 Å². The van der Waals surface area contributed by atoms with E-state index in [1.807, 2.05) is 32.2 Å². The topological polar surface area (TPSA) is 66.1 Å². The summed E-state index contributed by atoms with van der Waals surface area (Å²) in [4.78, 5) is 7.76. The molecule has 1 N–H and O–H groups in total. The Balaban J connectivity index is 2.12. The summed E-state index contributed by atoms with van der Waals surface area (Å²) >= 11 is 3.43. The quantitative estimate of drug-likeness (QED) is 0.694. The minimum atomic E-state index is -3.48. The molecular weight excluding hydrogens is 390 g/mol. The lowest BCUT2D eigenvalue weighted by Gasteiger charge is -2.18. The molecule has 7 heteroatoms. The molecule has 0 spiro atoms. The van der Waals surface area contributed by atoms with Crippen LogP contribution in [-0.4, -0.2) is 35.8 Å². The summed E-state index contributed by atoms with van der Waals surface area (Å²) in [5.41, 5.74) is 2.54. The number of aromatic amines is 1. The fraction of sp³-hybridized carbons (Fsp3) is 0.235. The molecule has 0 atom stereocenters.